The SMILES string of the molecule is CN(CCCCC(C)(O)CN)CCOCC1CC1. The van der Waals surface area contributed by atoms with E-state index in [2.05, 4.69) is 11.9 Å². The minimum atomic E-state index is -0.689. The van der Waals surface area contributed by atoms with Gasteiger partial charge in [-0.05, 0) is 58.5 Å². The van der Waals surface area contributed by atoms with E-state index in [9.17, 15) is 5.11 Å². The molecule has 1 fully saturated rings. The molecule has 3 N–H and O–H groups in total. The van der Waals surface area contributed by atoms with E-state index in [-0.39, 0.29) is 0 Å². The van der Waals surface area contributed by atoms with Crippen molar-refractivity contribution in [3.05, 3.63) is 0 Å². The topological polar surface area (TPSA) is 58.7 Å². The van der Waals surface area contributed by atoms with E-state index in [1.54, 1.807) is 0 Å². The fourth-order valence-electron chi connectivity index (χ4n) is 1.86. The summed E-state index contributed by atoms with van der Waals surface area (Å²) in [5, 5.41) is 9.76. The van der Waals surface area contributed by atoms with Crippen molar-refractivity contribution in [3.8, 4) is 0 Å². The van der Waals surface area contributed by atoms with Crippen LogP contribution < -0.4 is 5.73 Å². The van der Waals surface area contributed by atoms with Gasteiger partial charge in [-0.1, -0.05) is 0 Å². The third-order valence-electron chi connectivity index (χ3n) is 3.61. The molecule has 0 aromatic carbocycles. The molecule has 0 aliphatic heterocycles. The van der Waals surface area contributed by atoms with Crippen molar-refractivity contribution in [3.63, 3.8) is 0 Å². The molecule has 0 aromatic heterocycles. The van der Waals surface area contributed by atoms with E-state index in [1.165, 1.54) is 12.8 Å². The quantitative estimate of drug-likeness (QED) is 0.547. The second-order valence-corrected chi connectivity index (χ2v) is 5.98. The molecule has 108 valence electrons. The maximum Gasteiger partial charge on any atom is 0.0741 e. The summed E-state index contributed by atoms with van der Waals surface area (Å²) < 4.78 is 5.61. The Morgan fingerprint density at radius 1 is 1.33 bits per heavy atom. The Balaban J connectivity index is 1.87. The van der Waals surface area contributed by atoms with E-state index in [0.29, 0.717) is 6.54 Å². The number of hydrogen-bond acceptors (Lipinski definition) is 4. The molecule has 4 nitrogen and oxygen atoms in total. The van der Waals surface area contributed by atoms with Gasteiger partial charge in [0.25, 0.3) is 0 Å². The molecule has 1 aliphatic carbocycles. The molecule has 0 amide bonds. The zero-order chi connectivity index (χ0) is 13.4. The standard InChI is InChI=1S/C14H30N2O2/c1-14(17,12-15)7-3-4-8-16(2)9-10-18-11-13-5-6-13/h13,17H,3-12,15H2,1-2H3. The molecule has 4 heteroatoms. The van der Waals surface area contributed by atoms with Gasteiger partial charge >= 0.3 is 0 Å². The van der Waals surface area contributed by atoms with Crippen molar-refractivity contribution in [2.75, 3.05) is 39.9 Å². The lowest BCUT2D eigenvalue weighted by Crippen LogP contribution is -2.34. The summed E-state index contributed by atoms with van der Waals surface area (Å²) in [5.41, 5.74) is 4.79. The zero-order valence-electron chi connectivity index (χ0n) is 12.0. The minimum Gasteiger partial charge on any atom is -0.389 e. The molecular formula is C14H30N2O2. The Kier molecular flexibility index (Phi) is 7.15. The third kappa shape index (κ3) is 8.03. The highest BCUT2D eigenvalue weighted by molar-refractivity contribution is 4.73. The molecule has 0 spiro atoms. The predicted molar refractivity (Wildman–Crippen MR) is 74.6 cm³/mol. The van der Waals surface area contributed by atoms with Crippen LogP contribution in [0.25, 0.3) is 0 Å². The first-order chi connectivity index (χ1) is 8.53. The lowest BCUT2D eigenvalue weighted by atomic mass is 9.99. The van der Waals surface area contributed by atoms with Crippen molar-refractivity contribution in [1.82, 2.24) is 4.90 Å². The molecule has 1 aliphatic rings. The van der Waals surface area contributed by atoms with Crippen LogP contribution in [0.1, 0.15) is 39.0 Å². The fraction of sp³-hybridized carbons (Fsp3) is 1.00. The summed E-state index contributed by atoms with van der Waals surface area (Å²) in [7, 11) is 2.13. The lowest BCUT2D eigenvalue weighted by molar-refractivity contribution is 0.0559. The number of rotatable bonds is 11. The Hall–Kier alpha value is -0.160. The number of nitrogens with two attached hydrogens (primary N) is 1. The molecule has 1 atom stereocenters. The Morgan fingerprint density at radius 3 is 2.67 bits per heavy atom. The predicted octanol–water partition coefficient (Wildman–Crippen LogP) is 1.22. The van der Waals surface area contributed by atoms with Gasteiger partial charge < -0.3 is 20.5 Å². The van der Waals surface area contributed by atoms with E-state index < -0.39 is 5.60 Å². The van der Waals surface area contributed by atoms with Crippen LogP contribution >= 0.6 is 0 Å². The van der Waals surface area contributed by atoms with Crippen molar-refractivity contribution in [2.45, 2.75) is 44.6 Å². The molecule has 1 unspecified atom stereocenters. The van der Waals surface area contributed by atoms with Gasteiger partial charge in [0, 0.05) is 19.7 Å². The zero-order valence-corrected chi connectivity index (χ0v) is 12.0. The molecule has 1 saturated carbocycles. The summed E-state index contributed by atoms with van der Waals surface area (Å²) >= 11 is 0. The molecular weight excluding hydrogens is 228 g/mol. The summed E-state index contributed by atoms with van der Waals surface area (Å²) in [6.07, 6.45) is 5.64. The average Bonchev–Trinajstić information content (AvgIpc) is 3.14. The highest BCUT2D eigenvalue weighted by atomic mass is 16.5. The van der Waals surface area contributed by atoms with Crippen LogP contribution in [0, 0.1) is 5.92 Å². The Morgan fingerprint density at radius 2 is 2.06 bits per heavy atom. The Labute approximate surface area is 111 Å². The minimum absolute atomic E-state index is 0.345. The number of unbranched alkanes of at least 4 members (excludes halogenated alkanes) is 1. The maximum absolute atomic E-state index is 9.76. The van der Waals surface area contributed by atoms with E-state index in [1.807, 2.05) is 6.92 Å². The molecule has 1 rings (SSSR count). The number of likely N-dealkylation sites (N-methyl/N-ethyl adjacent to an activating group) is 1. The Bertz CT molecular complexity index is 218. The number of hydrogen-bond donors (Lipinski definition) is 2. The number of ether oxygens (including phenoxy) is 1. The molecule has 0 bridgehead atoms. The molecule has 0 heterocycles. The molecule has 0 aromatic rings. The summed E-state index contributed by atoms with van der Waals surface area (Å²) in [5.74, 6) is 0.855. The fourth-order valence-corrected chi connectivity index (χ4v) is 1.86. The smallest absolute Gasteiger partial charge is 0.0741 e. The van der Waals surface area contributed by atoms with Crippen molar-refractivity contribution < 1.29 is 9.84 Å². The average molecular weight is 258 g/mol. The van der Waals surface area contributed by atoms with Crippen molar-refractivity contribution in [1.29, 1.82) is 0 Å². The second-order valence-electron chi connectivity index (χ2n) is 5.98. The van der Waals surface area contributed by atoms with Gasteiger partial charge in [0.2, 0.25) is 0 Å². The van der Waals surface area contributed by atoms with Gasteiger partial charge in [0.15, 0.2) is 0 Å². The summed E-state index contributed by atoms with van der Waals surface area (Å²) in [4.78, 5) is 2.30. The first-order valence-electron chi connectivity index (χ1n) is 7.22. The maximum atomic E-state index is 9.76. The van der Waals surface area contributed by atoms with Crippen LogP contribution in [-0.2, 0) is 4.74 Å². The summed E-state index contributed by atoms with van der Waals surface area (Å²) in [6, 6.07) is 0. The monoisotopic (exact) mass is 258 g/mol. The van der Waals surface area contributed by atoms with Crippen molar-refractivity contribution >= 4 is 0 Å². The van der Waals surface area contributed by atoms with E-state index in [4.69, 9.17) is 10.5 Å². The molecule has 0 radical (unpaired) electrons. The van der Waals surface area contributed by atoms with Gasteiger partial charge in [0.05, 0.1) is 12.2 Å². The normalized spacial score (nSPS) is 19.2. The van der Waals surface area contributed by atoms with Gasteiger partial charge in [-0.25, -0.2) is 0 Å². The van der Waals surface area contributed by atoms with Gasteiger partial charge in [-0.3, -0.25) is 0 Å². The van der Waals surface area contributed by atoms with Crippen LogP contribution in [0.4, 0.5) is 0 Å². The highest BCUT2D eigenvalue weighted by Crippen LogP contribution is 2.28. The van der Waals surface area contributed by atoms with Crippen LogP contribution in [0.15, 0.2) is 0 Å². The lowest BCUT2D eigenvalue weighted by Gasteiger charge is -2.22. The third-order valence-corrected chi connectivity index (χ3v) is 3.61. The first-order valence-corrected chi connectivity index (χ1v) is 7.22. The van der Waals surface area contributed by atoms with Crippen LogP contribution in [0.2, 0.25) is 0 Å². The first kappa shape index (κ1) is 15.9. The van der Waals surface area contributed by atoms with E-state index in [0.717, 1.165) is 51.5 Å². The van der Waals surface area contributed by atoms with Crippen LogP contribution in [0.5, 0.6) is 0 Å². The number of aliphatic hydroxyl groups is 1. The highest BCUT2D eigenvalue weighted by Gasteiger charge is 2.21. The van der Waals surface area contributed by atoms with Gasteiger partial charge in [-0.2, -0.15) is 0 Å². The summed E-state index contributed by atoms with van der Waals surface area (Å²) in [6.45, 7) is 6.01. The molecule has 18 heavy (non-hydrogen) atoms. The van der Waals surface area contributed by atoms with Gasteiger partial charge in [-0.15, -0.1) is 0 Å². The van der Waals surface area contributed by atoms with E-state index >= 15 is 0 Å². The van der Waals surface area contributed by atoms with Crippen LogP contribution in [-0.4, -0.2) is 55.5 Å². The van der Waals surface area contributed by atoms with Crippen LogP contribution in [0.3, 0.4) is 0 Å². The largest absolute Gasteiger partial charge is 0.389 e. The van der Waals surface area contributed by atoms with Gasteiger partial charge in [0.1, 0.15) is 0 Å². The number of nitrogens with zero attached hydrogens (tertiary/aromatic N) is 1. The second kappa shape index (κ2) is 8.10. The van der Waals surface area contributed by atoms with Crippen molar-refractivity contribution in [2.24, 2.45) is 11.7 Å². The molecule has 0 saturated heterocycles.